The van der Waals surface area contributed by atoms with Gasteiger partial charge in [0.05, 0.1) is 5.71 Å². The predicted octanol–water partition coefficient (Wildman–Crippen LogP) is 8.45. The molecule has 230 valence electrons. The Morgan fingerprint density at radius 2 is 1.48 bits per heavy atom. The Bertz CT molecular complexity index is 1700. The van der Waals surface area contributed by atoms with Gasteiger partial charge in [0, 0.05) is 39.5 Å². The van der Waals surface area contributed by atoms with Crippen LogP contribution in [0.15, 0.2) is 65.8 Å². The summed E-state index contributed by atoms with van der Waals surface area (Å²) in [6.45, 7) is 10.8. The van der Waals surface area contributed by atoms with E-state index in [1.807, 2.05) is 56.3 Å². The Labute approximate surface area is 261 Å². The van der Waals surface area contributed by atoms with Gasteiger partial charge in [-0.3, -0.25) is 9.69 Å². The first-order valence-electron chi connectivity index (χ1n) is 16.5. The molecule has 1 aliphatic heterocycles. The van der Waals surface area contributed by atoms with E-state index in [1.165, 1.54) is 25.7 Å². The van der Waals surface area contributed by atoms with Crippen molar-refractivity contribution in [3.05, 3.63) is 82.9 Å². The normalized spacial score (nSPS) is 18.4. The Balaban J connectivity index is 1.32. The van der Waals surface area contributed by atoms with Gasteiger partial charge in [-0.25, -0.2) is 4.79 Å². The van der Waals surface area contributed by atoms with Crippen LogP contribution in [0.4, 0.5) is 0 Å². The van der Waals surface area contributed by atoms with Crippen LogP contribution in [0.3, 0.4) is 0 Å². The highest BCUT2D eigenvalue weighted by Crippen LogP contribution is 2.39. The zero-order valence-electron chi connectivity index (χ0n) is 26.7. The molecular formula is C38H45N3O3. The maximum atomic E-state index is 13.9. The number of fused-ring (bicyclic) bond motifs is 3. The van der Waals surface area contributed by atoms with E-state index < -0.39 is 5.54 Å². The smallest absolute Gasteiger partial charge is 0.341 e. The summed E-state index contributed by atoms with van der Waals surface area (Å²) in [4.78, 5) is 35.5. The number of likely N-dealkylation sites (tertiary alicyclic amines) is 1. The number of ketones is 1. The largest absolute Gasteiger partial charge is 0.355 e. The number of hydrogen-bond donors (Lipinski definition) is 0. The number of aromatic nitrogens is 1. The molecule has 1 saturated heterocycles. The highest BCUT2D eigenvalue weighted by Gasteiger charge is 2.48. The number of benzene rings is 3. The van der Waals surface area contributed by atoms with Crippen molar-refractivity contribution in [2.75, 3.05) is 13.1 Å². The third-order valence-corrected chi connectivity index (χ3v) is 10.3. The third-order valence-electron chi connectivity index (χ3n) is 10.3. The van der Waals surface area contributed by atoms with E-state index in [1.54, 1.807) is 0 Å². The van der Waals surface area contributed by atoms with Gasteiger partial charge in [-0.2, -0.15) is 0 Å². The highest BCUT2D eigenvalue weighted by molar-refractivity contribution is 6.16. The Morgan fingerprint density at radius 3 is 2.14 bits per heavy atom. The van der Waals surface area contributed by atoms with E-state index in [4.69, 9.17) is 4.84 Å². The first-order chi connectivity index (χ1) is 21.3. The summed E-state index contributed by atoms with van der Waals surface area (Å²) in [5, 5.41) is 6.52. The van der Waals surface area contributed by atoms with E-state index in [0.717, 1.165) is 83.8 Å². The zero-order chi connectivity index (χ0) is 30.8. The Hall–Kier alpha value is -3.77. The van der Waals surface area contributed by atoms with Gasteiger partial charge >= 0.3 is 5.97 Å². The first kappa shape index (κ1) is 30.3. The lowest BCUT2D eigenvalue weighted by Gasteiger charge is -2.46. The molecule has 0 N–H and O–H groups in total. The number of aryl methyl sites for hydroxylation is 2. The minimum Gasteiger partial charge on any atom is -0.341 e. The standard InChI is InChI=1S/C38H45N3O3/c1-5-41-34-20-18-28(24-32(34)33-25-29(19-21-35(33)41)36(42)31-17-11-10-14-26(31)2)27(3)39-44-37(43)38(4,30-15-8-6-9-16-30)40-22-12-7-13-23-40/h10-11,14,17-21,24-25,30H,5-9,12-13,15-16,22-23H2,1-4H3. The van der Waals surface area contributed by atoms with E-state index in [0.29, 0.717) is 17.2 Å². The van der Waals surface area contributed by atoms with Crippen LogP contribution < -0.4 is 0 Å². The molecule has 1 saturated carbocycles. The monoisotopic (exact) mass is 591 g/mol. The van der Waals surface area contributed by atoms with E-state index >= 15 is 0 Å². The minimum absolute atomic E-state index is 0.0259. The van der Waals surface area contributed by atoms with Crippen LogP contribution in [-0.2, 0) is 16.2 Å². The van der Waals surface area contributed by atoms with Crippen molar-refractivity contribution in [3.8, 4) is 0 Å². The lowest BCUT2D eigenvalue weighted by molar-refractivity contribution is -0.164. The van der Waals surface area contributed by atoms with Crippen LogP contribution in [0.25, 0.3) is 21.8 Å². The van der Waals surface area contributed by atoms with E-state index in [2.05, 4.69) is 46.7 Å². The molecular weight excluding hydrogens is 546 g/mol. The van der Waals surface area contributed by atoms with Gasteiger partial charge in [0.15, 0.2) is 5.78 Å². The summed E-state index contributed by atoms with van der Waals surface area (Å²) in [6.07, 6.45) is 9.21. The number of carbonyl (C=O) groups is 2. The molecule has 1 atom stereocenters. The minimum atomic E-state index is -0.650. The molecule has 1 aromatic heterocycles. The SMILES string of the molecule is CCn1c2ccc(C(=O)c3ccccc3C)cc2c2cc(C(C)=NOC(=O)C(C)(C3CCCCC3)N3CCCCC3)ccc21. The second-order valence-corrected chi connectivity index (χ2v) is 12.9. The van der Waals surface area contributed by atoms with Crippen LogP contribution in [0, 0.1) is 12.8 Å². The van der Waals surface area contributed by atoms with Crippen LogP contribution in [0.5, 0.6) is 0 Å². The summed E-state index contributed by atoms with van der Waals surface area (Å²) in [7, 11) is 0. The van der Waals surface area contributed by atoms with E-state index in [9.17, 15) is 9.59 Å². The van der Waals surface area contributed by atoms with Crippen molar-refractivity contribution in [2.24, 2.45) is 11.1 Å². The maximum absolute atomic E-state index is 13.9. The number of rotatable bonds is 8. The third kappa shape index (κ3) is 5.49. The molecule has 2 heterocycles. The van der Waals surface area contributed by atoms with Crippen molar-refractivity contribution in [1.82, 2.24) is 9.47 Å². The quantitative estimate of drug-likeness (QED) is 0.0893. The lowest BCUT2D eigenvalue weighted by Crippen LogP contribution is -2.59. The van der Waals surface area contributed by atoms with Crippen molar-refractivity contribution >= 4 is 39.3 Å². The first-order valence-corrected chi connectivity index (χ1v) is 16.5. The van der Waals surface area contributed by atoms with Crippen LogP contribution >= 0.6 is 0 Å². The van der Waals surface area contributed by atoms with Gasteiger partial charge < -0.3 is 9.40 Å². The molecule has 2 aliphatic rings. The summed E-state index contributed by atoms with van der Waals surface area (Å²) in [5.41, 5.74) is 5.47. The molecule has 0 bridgehead atoms. The van der Waals surface area contributed by atoms with Crippen LogP contribution in [0.2, 0.25) is 0 Å². The second-order valence-electron chi connectivity index (χ2n) is 12.9. The molecule has 2 fully saturated rings. The van der Waals surface area contributed by atoms with Gasteiger partial charge in [-0.1, -0.05) is 61.2 Å². The summed E-state index contributed by atoms with van der Waals surface area (Å²) in [5.74, 6) is 0.0945. The van der Waals surface area contributed by atoms with E-state index in [-0.39, 0.29) is 11.8 Å². The molecule has 1 aliphatic carbocycles. The Morgan fingerprint density at radius 1 is 0.864 bits per heavy atom. The average Bonchev–Trinajstić information content (AvgIpc) is 3.39. The van der Waals surface area contributed by atoms with Gasteiger partial charge in [0.1, 0.15) is 5.54 Å². The number of nitrogens with zero attached hydrogens (tertiary/aromatic N) is 3. The molecule has 4 aromatic rings. The van der Waals surface area contributed by atoms with Crippen LogP contribution in [0.1, 0.15) is 99.2 Å². The summed E-state index contributed by atoms with van der Waals surface area (Å²) in [6, 6.07) is 20.0. The molecule has 0 radical (unpaired) electrons. The molecule has 6 nitrogen and oxygen atoms in total. The predicted molar refractivity (Wildman–Crippen MR) is 178 cm³/mol. The molecule has 44 heavy (non-hydrogen) atoms. The number of oxime groups is 1. The highest BCUT2D eigenvalue weighted by atomic mass is 16.7. The van der Waals surface area contributed by atoms with Crippen molar-refractivity contribution in [3.63, 3.8) is 0 Å². The fourth-order valence-electron chi connectivity index (χ4n) is 7.63. The fourth-order valence-corrected chi connectivity index (χ4v) is 7.63. The fraction of sp³-hybridized carbons (Fsp3) is 0.447. The number of piperidine rings is 1. The zero-order valence-corrected chi connectivity index (χ0v) is 26.7. The number of hydrogen-bond acceptors (Lipinski definition) is 5. The van der Waals surface area contributed by atoms with Gasteiger partial charge in [-0.05, 0) is 114 Å². The van der Waals surface area contributed by atoms with Gasteiger partial charge in [0.2, 0.25) is 0 Å². The van der Waals surface area contributed by atoms with Gasteiger partial charge in [0.25, 0.3) is 0 Å². The lowest BCUT2D eigenvalue weighted by atomic mass is 9.74. The summed E-state index contributed by atoms with van der Waals surface area (Å²) < 4.78 is 2.28. The van der Waals surface area contributed by atoms with Crippen molar-refractivity contribution in [2.45, 2.75) is 91.1 Å². The molecule has 3 aromatic carbocycles. The Kier molecular flexibility index (Phi) is 8.73. The molecule has 0 spiro atoms. The van der Waals surface area contributed by atoms with Crippen molar-refractivity contribution < 1.29 is 14.4 Å². The van der Waals surface area contributed by atoms with Gasteiger partial charge in [-0.15, -0.1) is 0 Å². The average molecular weight is 592 g/mol. The molecule has 1 unspecified atom stereocenters. The molecule has 6 heteroatoms. The van der Waals surface area contributed by atoms with Crippen LogP contribution in [-0.4, -0.2) is 45.6 Å². The van der Waals surface area contributed by atoms with Crippen molar-refractivity contribution in [1.29, 1.82) is 0 Å². The topological polar surface area (TPSA) is 63.9 Å². The maximum Gasteiger partial charge on any atom is 0.355 e. The molecule has 0 amide bonds. The second kappa shape index (κ2) is 12.7. The summed E-state index contributed by atoms with van der Waals surface area (Å²) >= 11 is 0. The number of carbonyl (C=O) groups excluding carboxylic acids is 2. The molecule has 6 rings (SSSR count).